The van der Waals surface area contributed by atoms with Gasteiger partial charge in [-0.2, -0.15) is 0 Å². The van der Waals surface area contributed by atoms with Gasteiger partial charge in [0, 0.05) is 23.6 Å². The van der Waals surface area contributed by atoms with Crippen LogP contribution in [0.5, 0.6) is 11.5 Å². The van der Waals surface area contributed by atoms with Crippen molar-refractivity contribution in [2.24, 2.45) is 5.73 Å². The molecule has 4 nitrogen and oxygen atoms in total. The predicted octanol–water partition coefficient (Wildman–Crippen LogP) is 2.21. The van der Waals surface area contributed by atoms with Crippen molar-refractivity contribution in [2.45, 2.75) is 19.8 Å². The smallest absolute Gasteiger partial charge is 0.166 e. The van der Waals surface area contributed by atoms with Gasteiger partial charge < -0.3 is 15.2 Å². The van der Waals surface area contributed by atoms with Crippen LogP contribution in [0.15, 0.2) is 6.07 Å². The summed E-state index contributed by atoms with van der Waals surface area (Å²) >= 11 is 6.18. The van der Waals surface area contributed by atoms with Crippen molar-refractivity contribution in [3.63, 3.8) is 0 Å². The number of ketones is 1. The highest BCUT2D eigenvalue weighted by molar-refractivity contribution is 6.34. The van der Waals surface area contributed by atoms with E-state index < -0.39 is 0 Å². The largest absolute Gasteiger partial charge is 0.486 e. The third kappa shape index (κ3) is 2.31. The number of hydrogen-bond donors (Lipinski definition) is 1. The molecule has 0 unspecified atom stereocenters. The Morgan fingerprint density at radius 3 is 2.83 bits per heavy atom. The first-order chi connectivity index (χ1) is 8.69. The van der Waals surface area contributed by atoms with E-state index in [-0.39, 0.29) is 12.2 Å². The Morgan fingerprint density at radius 1 is 1.44 bits per heavy atom. The second kappa shape index (κ2) is 5.59. The molecular weight excluding hydrogens is 254 g/mol. The lowest BCUT2D eigenvalue weighted by molar-refractivity contribution is 0.0983. The standard InChI is InChI=1S/C13H16ClNO3/c1-2-8-12(10(16)3-4-15)9(14)7-11-13(8)18-6-5-17-11/h7H,2-6,15H2,1H3. The molecule has 2 N–H and O–H groups in total. The zero-order valence-corrected chi connectivity index (χ0v) is 11.0. The van der Waals surface area contributed by atoms with Gasteiger partial charge in [-0.1, -0.05) is 18.5 Å². The Hall–Kier alpha value is -1.26. The third-order valence-electron chi connectivity index (χ3n) is 2.89. The molecule has 18 heavy (non-hydrogen) atoms. The molecule has 0 atom stereocenters. The Balaban J connectivity index is 2.54. The second-order valence-corrected chi connectivity index (χ2v) is 4.46. The first kappa shape index (κ1) is 13.2. The SMILES string of the molecule is CCc1c2c(cc(Cl)c1C(=O)CCN)OCCO2. The summed E-state index contributed by atoms with van der Waals surface area (Å²) in [7, 11) is 0. The van der Waals surface area contributed by atoms with Crippen LogP contribution in [0.2, 0.25) is 5.02 Å². The molecule has 5 heteroatoms. The molecule has 2 rings (SSSR count). The first-order valence-electron chi connectivity index (χ1n) is 6.03. The summed E-state index contributed by atoms with van der Waals surface area (Å²) in [4.78, 5) is 12.1. The molecule has 0 saturated heterocycles. The summed E-state index contributed by atoms with van der Waals surface area (Å²) in [6.07, 6.45) is 0.949. The minimum Gasteiger partial charge on any atom is -0.486 e. The van der Waals surface area contributed by atoms with Crippen LogP contribution in [0.25, 0.3) is 0 Å². The number of benzene rings is 1. The summed E-state index contributed by atoms with van der Waals surface area (Å²) in [5, 5.41) is 0.412. The number of carbonyl (C=O) groups excluding carboxylic acids is 1. The molecule has 98 valence electrons. The van der Waals surface area contributed by atoms with Gasteiger partial charge in [-0.25, -0.2) is 0 Å². The van der Waals surface area contributed by atoms with Gasteiger partial charge in [-0.05, 0) is 13.0 Å². The van der Waals surface area contributed by atoms with Crippen LogP contribution in [0.1, 0.15) is 29.3 Å². The monoisotopic (exact) mass is 269 g/mol. The maximum Gasteiger partial charge on any atom is 0.166 e. The highest BCUT2D eigenvalue weighted by Crippen LogP contribution is 2.40. The molecule has 0 radical (unpaired) electrons. The van der Waals surface area contributed by atoms with E-state index in [4.69, 9.17) is 26.8 Å². The average molecular weight is 270 g/mol. The lowest BCUT2D eigenvalue weighted by Crippen LogP contribution is -2.19. The molecule has 1 aromatic carbocycles. The molecule has 0 amide bonds. The van der Waals surface area contributed by atoms with E-state index >= 15 is 0 Å². The van der Waals surface area contributed by atoms with E-state index in [1.165, 1.54) is 0 Å². The fraction of sp³-hybridized carbons (Fsp3) is 0.462. The molecule has 0 aromatic heterocycles. The maximum absolute atomic E-state index is 12.1. The molecule has 0 saturated carbocycles. The van der Waals surface area contributed by atoms with Gasteiger partial charge >= 0.3 is 0 Å². The van der Waals surface area contributed by atoms with Crippen LogP contribution in [0.3, 0.4) is 0 Å². The van der Waals surface area contributed by atoms with Crippen LogP contribution in [0.4, 0.5) is 0 Å². The van der Waals surface area contributed by atoms with E-state index in [0.29, 0.717) is 48.3 Å². The van der Waals surface area contributed by atoms with Crippen LogP contribution >= 0.6 is 11.6 Å². The number of Topliss-reactive ketones (excluding diaryl/α,β-unsaturated/α-hetero) is 1. The minimum atomic E-state index is -0.0451. The van der Waals surface area contributed by atoms with Crippen molar-refractivity contribution in [1.29, 1.82) is 0 Å². The van der Waals surface area contributed by atoms with Gasteiger partial charge in [0.2, 0.25) is 0 Å². The molecule has 0 fully saturated rings. The van der Waals surface area contributed by atoms with Crippen LogP contribution < -0.4 is 15.2 Å². The molecule has 0 spiro atoms. The second-order valence-electron chi connectivity index (χ2n) is 4.05. The van der Waals surface area contributed by atoms with E-state index in [1.807, 2.05) is 6.92 Å². The predicted molar refractivity (Wildman–Crippen MR) is 69.8 cm³/mol. The molecule has 1 aliphatic rings. The zero-order valence-electron chi connectivity index (χ0n) is 10.3. The average Bonchev–Trinajstić information content (AvgIpc) is 2.37. The van der Waals surface area contributed by atoms with Crippen LogP contribution in [-0.2, 0) is 6.42 Å². The number of nitrogens with two attached hydrogens (primary N) is 1. The third-order valence-corrected chi connectivity index (χ3v) is 3.19. The highest BCUT2D eigenvalue weighted by Gasteiger charge is 2.24. The Labute approximate surface area is 111 Å². The summed E-state index contributed by atoms with van der Waals surface area (Å²) in [5.74, 6) is 1.22. The number of hydrogen-bond acceptors (Lipinski definition) is 4. The summed E-state index contributed by atoms with van der Waals surface area (Å²) in [5.41, 5.74) is 6.76. The molecular formula is C13H16ClNO3. The summed E-state index contributed by atoms with van der Waals surface area (Å²) in [6, 6.07) is 1.65. The van der Waals surface area contributed by atoms with Gasteiger partial charge in [0.05, 0.1) is 5.02 Å². The van der Waals surface area contributed by atoms with E-state index in [9.17, 15) is 4.79 Å². The Bertz CT molecular complexity index is 474. The number of ether oxygens (including phenoxy) is 2. The first-order valence-corrected chi connectivity index (χ1v) is 6.41. The van der Waals surface area contributed by atoms with Crippen molar-refractivity contribution in [2.75, 3.05) is 19.8 Å². The zero-order chi connectivity index (χ0) is 13.1. The molecule has 1 heterocycles. The fourth-order valence-electron chi connectivity index (χ4n) is 2.11. The van der Waals surface area contributed by atoms with Crippen molar-refractivity contribution >= 4 is 17.4 Å². The van der Waals surface area contributed by atoms with Gasteiger partial charge in [0.1, 0.15) is 13.2 Å². The van der Waals surface area contributed by atoms with Gasteiger partial charge in [-0.3, -0.25) is 4.79 Å². The Morgan fingerprint density at radius 2 is 2.17 bits per heavy atom. The number of rotatable bonds is 4. The lowest BCUT2D eigenvalue weighted by atomic mass is 9.97. The quantitative estimate of drug-likeness (QED) is 0.852. The van der Waals surface area contributed by atoms with Crippen molar-refractivity contribution < 1.29 is 14.3 Å². The summed E-state index contributed by atoms with van der Waals surface area (Å²) in [6.45, 7) is 3.27. The van der Waals surface area contributed by atoms with Crippen molar-refractivity contribution in [3.8, 4) is 11.5 Å². The summed E-state index contributed by atoms with van der Waals surface area (Å²) < 4.78 is 11.1. The van der Waals surface area contributed by atoms with Gasteiger partial charge in [0.25, 0.3) is 0 Å². The van der Waals surface area contributed by atoms with E-state index in [0.717, 1.165) is 5.56 Å². The number of carbonyl (C=O) groups is 1. The molecule has 0 bridgehead atoms. The van der Waals surface area contributed by atoms with Crippen LogP contribution in [-0.4, -0.2) is 25.5 Å². The lowest BCUT2D eigenvalue weighted by Gasteiger charge is -2.23. The normalized spacial score (nSPS) is 13.5. The Kier molecular flexibility index (Phi) is 4.09. The number of halogens is 1. The van der Waals surface area contributed by atoms with Crippen LogP contribution in [0, 0.1) is 0 Å². The highest BCUT2D eigenvalue weighted by atomic mass is 35.5. The van der Waals surface area contributed by atoms with Crippen molar-refractivity contribution in [3.05, 3.63) is 22.2 Å². The van der Waals surface area contributed by atoms with E-state index in [2.05, 4.69) is 0 Å². The molecule has 1 aromatic rings. The van der Waals surface area contributed by atoms with Gasteiger partial charge in [-0.15, -0.1) is 0 Å². The maximum atomic E-state index is 12.1. The number of fused-ring (bicyclic) bond motifs is 1. The van der Waals surface area contributed by atoms with Gasteiger partial charge in [0.15, 0.2) is 17.3 Å². The van der Waals surface area contributed by atoms with E-state index in [1.54, 1.807) is 6.07 Å². The topological polar surface area (TPSA) is 61.6 Å². The minimum absolute atomic E-state index is 0.0451. The van der Waals surface area contributed by atoms with Crippen molar-refractivity contribution in [1.82, 2.24) is 0 Å². The molecule has 1 aliphatic heterocycles. The molecule has 0 aliphatic carbocycles. The fourth-order valence-corrected chi connectivity index (χ4v) is 2.43.